The largest absolute Gasteiger partial charge is 0.444 e. The summed E-state index contributed by atoms with van der Waals surface area (Å²) in [4.78, 5) is 13.8. The van der Waals surface area contributed by atoms with Crippen molar-refractivity contribution in [2.24, 2.45) is 0 Å². The number of nitrogens with zero attached hydrogens (tertiary/aromatic N) is 2. The Labute approximate surface area is 206 Å². The molecule has 35 heavy (non-hydrogen) atoms. The minimum atomic E-state index is -4.09. The third-order valence-electron chi connectivity index (χ3n) is 5.05. The van der Waals surface area contributed by atoms with E-state index in [1.165, 1.54) is 35.4 Å². The Morgan fingerprint density at radius 1 is 1.06 bits per heavy atom. The van der Waals surface area contributed by atoms with Crippen molar-refractivity contribution in [1.29, 1.82) is 0 Å². The van der Waals surface area contributed by atoms with Crippen molar-refractivity contribution in [2.75, 3.05) is 13.7 Å². The minimum Gasteiger partial charge on any atom is -0.444 e. The number of amides is 1. The van der Waals surface area contributed by atoms with Gasteiger partial charge in [0.2, 0.25) is 0 Å². The summed E-state index contributed by atoms with van der Waals surface area (Å²) in [6.07, 6.45) is 0.858. The SMILES string of the molecule is CCOCc1cccc(S(=O)(=O)n2cc(CN(C)C(=O)OC(C)(C)C)cc2-c2ccccc2F)c1. The molecule has 0 aliphatic rings. The number of carbonyl (C=O) groups excluding carboxylic acids is 1. The van der Waals surface area contributed by atoms with Gasteiger partial charge in [0.15, 0.2) is 0 Å². The van der Waals surface area contributed by atoms with Gasteiger partial charge in [0.1, 0.15) is 11.4 Å². The monoisotopic (exact) mass is 502 g/mol. The number of benzene rings is 2. The van der Waals surface area contributed by atoms with Crippen LogP contribution in [0.25, 0.3) is 11.3 Å². The van der Waals surface area contributed by atoms with Crippen LogP contribution in [-0.4, -0.2) is 42.6 Å². The van der Waals surface area contributed by atoms with Crippen molar-refractivity contribution < 1.29 is 27.1 Å². The molecule has 0 unspecified atom stereocenters. The molecule has 1 heterocycles. The summed E-state index contributed by atoms with van der Waals surface area (Å²) < 4.78 is 53.9. The van der Waals surface area contributed by atoms with E-state index in [9.17, 15) is 17.6 Å². The minimum absolute atomic E-state index is 0.0509. The molecule has 0 spiro atoms. The van der Waals surface area contributed by atoms with Gasteiger partial charge in [-0.2, -0.15) is 0 Å². The Bertz CT molecular complexity index is 1300. The van der Waals surface area contributed by atoms with E-state index in [0.29, 0.717) is 17.7 Å². The molecule has 0 aliphatic carbocycles. The van der Waals surface area contributed by atoms with E-state index in [1.54, 1.807) is 58.2 Å². The summed E-state index contributed by atoms with van der Waals surface area (Å²) in [6, 6.07) is 14.0. The highest BCUT2D eigenvalue weighted by molar-refractivity contribution is 7.90. The number of carbonyl (C=O) groups is 1. The smallest absolute Gasteiger partial charge is 0.410 e. The lowest BCUT2D eigenvalue weighted by Gasteiger charge is -2.24. The Kier molecular flexibility index (Phi) is 8.02. The molecule has 188 valence electrons. The highest BCUT2D eigenvalue weighted by atomic mass is 32.2. The molecule has 0 N–H and O–H groups in total. The van der Waals surface area contributed by atoms with Crippen LogP contribution < -0.4 is 0 Å². The van der Waals surface area contributed by atoms with E-state index in [1.807, 2.05) is 6.92 Å². The molecule has 0 saturated heterocycles. The van der Waals surface area contributed by atoms with Crippen molar-refractivity contribution in [2.45, 2.75) is 51.3 Å². The van der Waals surface area contributed by atoms with Gasteiger partial charge >= 0.3 is 6.09 Å². The van der Waals surface area contributed by atoms with Crippen LogP contribution in [0, 0.1) is 5.82 Å². The maximum absolute atomic E-state index is 14.7. The van der Waals surface area contributed by atoms with E-state index in [0.717, 1.165) is 3.97 Å². The van der Waals surface area contributed by atoms with E-state index >= 15 is 0 Å². The molecule has 0 aliphatic heterocycles. The van der Waals surface area contributed by atoms with Gasteiger partial charge in [0, 0.05) is 25.4 Å². The molecular weight excluding hydrogens is 471 g/mol. The number of hydrogen-bond donors (Lipinski definition) is 0. The number of rotatable bonds is 8. The Morgan fingerprint density at radius 3 is 2.43 bits per heavy atom. The predicted molar refractivity (Wildman–Crippen MR) is 132 cm³/mol. The van der Waals surface area contributed by atoms with Gasteiger partial charge in [-0.25, -0.2) is 21.6 Å². The second kappa shape index (κ2) is 10.6. The van der Waals surface area contributed by atoms with E-state index in [-0.39, 0.29) is 29.3 Å². The van der Waals surface area contributed by atoms with E-state index < -0.39 is 27.5 Å². The van der Waals surface area contributed by atoms with Gasteiger partial charge < -0.3 is 14.4 Å². The van der Waals surface area contributed by atoms with Gasteiger partial charge in [-0.05, 0) is 69.2 Å². The fourth-order valence-corrected chi connectivity index (χ4v) is 4.92. The van der Waals surface area contributed by atoms with Gasteiger partial charge in [-0.3, -0.25) is 0 Å². The van der Waals surface area contributed by atoms with Crippen molar-refractivity contribution in [3.05, 3.63) is 77.7 Å². The lowest BCUT2D eigenvalue weighted by molar-refractivity contribution is 0.0285. The normalized spacial score (nSPS) is 11.9. The first-order valence-corrected chi connectivity index (χ1v) is 12.7. The van der Waals surface area contributed by atoms with Crippen molar-refractivity contribution in [3.63, 3.8) is 0 Å². The summed E-state index contributed by atoms with van der Waals surface area (Å²) in [6.45, 7) is 7.99. The third kappa shape index (κ3) is 6.49. The lowest BCUT2D eigenvalue weighted by Crippen LogP contribution is -2.33. The molecule has 0 saturated carbocycles. The van der Waals surface area contributed by atoms with Crippen LogP contribution >= 0.6 is 0 Å². The summed E-state index contributed by atoms with van der Waals surface area (Å²) >= 11 is 0. The first kappa shape index (κ1) is 26.4. The molecule has 3 rings (SSSR count). The number of hydrogen-bond acceptors (Lipinski definition) is 5. The highest BCUT2D eigenvalue weighted by Crippen LogP contribution is 2.30. The standard InChI is InChI=1S/C26H31FN2O5S/c1-6-33-18-19-10-9-11-21(14-19)35(31,32)29-17-20(16-28(5)25(30)34-26(2,3)4)15-24(29)22-12-7-8-13-23(22)27/h7-15,17H,6,16,18H2,1-5H3. The maximum atomic E-state index is 14.7. The molecule has 0 bridgehead atoms. The topological polar surface area (TPSA) is 77.8 Å². The molecule has 0 atom stereocenters. The Hall–Kier alpha value is -3.17. The van der Waals surface area contributed by atoms with Gasteiger partial charge in [0.05, 0.1) is 23.7 Å². The van der Waals surface area contributed by atoms with Crippen LogP contribution in [0.3, 0.4) is 0 Å². The third-order valence-corrected chi connectivity index (χ3v) is 6.72. The summed E-state index contributed by atoms with van der Waals surface area (Å²) in [5.41, 5.74) is 0.826. The highest BCUT2D eigenvalue weighted by Gasteiger charge is 2.25. The zero-order valence-corrected chi connectivity index (χ0v) is 21.4. The zero-order valence-electron chi connectivity index (χ0n) is 20.6. The van der Waals surface area contributed by atoms with Gasteiger partial charge in [0.25, 0.3) is 10.0 Å². The van der Waals surface area contributed by atoms with Crippen LogP contribution in [0.15, 0.2) is 65.7 Å². The molecule has 1 aromatic heterocycles. The number of aromatic nitrogens is 1. The van der Waals surface area contributed by atoms with Crippen molar-refractivity contribution in [1.82, 2.24) is 8.87 Å². The zero-order chi connectivity index (χ0) is 25.8. The summed E-state index contributed by atoms with van der Waals surface area (Å²) in [7, 11) is -2.53. The second-order valence-corrected chi connectivity index (χ2v) is 11.0. The van der Waals surface area contributed by atoms with Crippen LogP contribution in [0.5, 0.6) is 0 Å². The van der Waals surface area contributed by atoms with Crippen LogP contribution in [0.2, 0.25) is 0 Å². The lowest BCUT2D eigenvalue weighted by atomic mass is 10.1. The molecule has 9 heteroatoms. The molecule has 1 amide bonds. The van der Waals surface area contributed by atoms with Crippen LogP contribution in [0.4, 0.5) is 9.18 Å². The second-order valence-electron chi connectivity index (χ2n) is 9.14. The Morgan fingerprint density at radius 2 is 1.77 bits per heavy atom. The first-order valence-electron chi connectivity index (χ1n) is 11.2. The average molecular weight is 503 g/mol. The van der Waals surface area contributed by atoms with E-state index in [4.69, 9.17) is 9.47 Å². The predicted octanol–water partition coefficient (Wildman–Crippen LogP) is 5.43. The summed E-state index contributed by atoms with van der Waals surface area (Å²) in [5.74, 6) is -0.556. The Balaban J connectivity index is 2.05. The molecule has 0 fully saturated rings. The molecule has 3 aromatic rings. The quantitative estimate of drug-likeness (QED) is 0.410. The van der Waals surface area contributed by atoms with Crippen molar-refractivity contribution in [3.8, 4) is 11.3 Å². The van der Waals surface area contributed by atoms with E-state index in [2.05, 4.69) is 0 Å². The molecule has 7 nitrogen and oxygen atoms in total. The number of ether oxygens (including phenoxy) is 2. The van der Waals surface area contributed by atoms with Gasteiger partial charge in [-0.15, -0.1) is 0 Å². The average Bonchev–Trinajstić information content (AvgIpc) is 3.21. The maximum Gasteiger partial charge on any atom is 0.410 e. The first-order chi connectivity index (χ1) is 16.4. The van der Waals surface area contributed by atoms with Gasteiger partial charge in [-0.1, -0.05) is 24.3 Å². The molecule has 2 aromatic carbocycles. The van der Waals surface area contributed by atoms with Crippen LogP contribution in [0.1, 0.15) is 38.8 Å². The fraction of sp³-hybridized carbons (Fsp3) is 0.346. The number of halogens is 1. The summed E-state index contributed by atoms with van der Waals surface area (Å²) in [5, 5.41) is 0. The fourth-order valence-electron chi connectivity index (χ4n) is 3.45. The molecule has 0 radical (unpaired) electrons. The molecular formula is C26H31FN2O5S. The van der Waals surface area contributed by atoms with Crippen LogP contribution in [-0.2, 0) is 32.6 Å². The van der Waals surface area contributed by atoms with Crippen molar-refractivity contribution >= 4 is 16.1 Å².